The van der Waals surface area contributed by atoms with Crippen LogP contribution in [0.15, 0.2) is 33.7 Å². The van der Waals surface area contributed by atoms with E-state index in [0.717, 1.165) is 42.7 Å². The molecule has 7 heteroatoms. The molecular weight excluding hydrogens is 384 g/mol. The van der Waals surface area contributed by atoms with Crippen LogP contribution in [0.25, 0.3) is 0 Å². The molecule has 1 aliphatic carbocycles. The van der Waals surface area contributed by atoms with E-state index in [9.17, 15) is 9.90 Å². The van der Waals surface area contributed by atoms with E-state index in [1.807, 2.05) is 19.1 Å². The second kappa shape index (κ2) is 10.4. The molecule has 1 fully saturated rings. The Kier molecular flexibility index (Phi) is 8.21. The summed E-state index contributed by atoms with van der Waals surface area (Å²) >= 11 is 3.37. The normalized spacial score (nSPS) is 20.8. The Balaban J connectivity index is 1.77. The first-order chi connectivity index (χ1) is 12.1. The molecule has 0 aromatic heterocycles. The van der Waals surface area contributed by atoms with Crippen LogP contribution in [0.1, 0.15) is 43.0 Å². The van der Waals surface area contributed by atoms with Gasteiger partial charge in [0.2, 0.25) is 0 Å². The number of aliphatic hydroxyl groups excluding tert-OH is 1. The van der Waals surface area contributed by atoms with Gasteiger partial charge in [-0.1, -0.05) is 22.0 Å². The molecule has 0 unspecified atom stereocenters. The third kappa shape index (κ3) is 7.04. The summed E-state index contributed by atoms with van der Waals surface area (Å²) < 4.78 is 0.884. The lowest BCUT2D eigenvalue weighted by Gasteiger charge is -2.27. The minimum absolute atomic E-state index is 0.101. The fraction of sp³-hybridized carbons (Fsp3) is 0.556. The van der Waals surface area contributed by atoms with Crippen LogP contribution in [-0.4, -0.2) is 48.8 Å². The van der Waals surface area contributed by atoms with E-state index >= 15 is 0 Å². The van der Waals surface area contributed by atoms with E-state index in [1.54, 1.807) is 12.1 Å². The van der Waals surface area contributed by atoms with Gasteiger partial charge in [-0.05, 0) is 50.8 Å². The molecule has 0 bridgehead atoms. The summed E-state index contributed by atoms with van der Waals surface area (Å²) in [6, 6.07) is 7.65. The molecule has 0 heterocycles. The largest absolute Gasteiger partial charge is 0.393 e. The smallest absolute Gasteiger partial charge is 0.251 e. The fourth-order valence-corrected chi connectivity index (χ4v) is 3.20. The summed E-state index contributed by atoms with van der Waals surface area (Å²) in [7, 11) is 0. The lowest BCUT2D eigenvalue weighted by Crippen LogP contribution is -2.45. The number of guanidine groups is 1. The van der Waals surface area contributed by atoms with Gasteiger partial charge in [-0.25, -0.2) is 0 Å². The van der Waals surface area contributed by atoms with E-state index in [0.29, 0.717) is 24.7 Å². The molecule has 138 valence electrons. The zero-order valence-electron chi connectivity index (χ0n) is 14.6. The van der Waals surface area contributed by atoms with E-state index in [2.05, 4.69) is 36.9 Å². The summed E-state index contributed by atoms with van der Waals surface area (Å²) in [5.74, 6) is 0.663. The Bertz CT molecular complexity index is 586. The predicted molar refractivity (Wildman–Crippen MR) is 104 cm³/mol. The van der Waals surface area contributed by atoms with Gasteiger partial charge in [0, 0.05) is 29.2 Å². The third-order valence-electron chi connectivity index (χ3n) is 4.14. The van der Waals surface area contributed by atoms with Crippen molar-refractivity contribution >= 4 is 27.8 Å². The number of benzene rings is 1. The van der Waals surface area contributed by atoms with Crippen LogP contribution in [-0.2, 0) is 0 Å². The molecule has 1 saturated carbocycles. The van der Waals surface area contributed by atoms with Crippen molar-refractivity contribution in [2.45, 2.75) is 44.8 Å². The van der Waals surface area contributed by atoms with Crippen molar-refractivity contribution in [3.63, 3.8) is 0 Å². The number of hydrogen-bond acceptors (Lipinski definition) is 3. The first-order valence-corrected chi connectivity index (χ1v) is 9.64. The topological polar surface area (TPSA) is 85.8 Å². The maximum Gasteiger partial charge on any atom is 0.251 e. The second-order valence-electron chi connectivity index (χ2n) is 6.18. The molecule has 0 atom stereocenters. The second-order valence-corrected chi connectivity index (χ2v) is 7.09. The van der Waals surface area contributed by atoms with Crippen LogP contribution >= 0.6 is 15.9 Å². The quantitative estimate of drug-likeness (QED) is 0.328. The van der Waals surface area contributed by atoms with Gasteiger partial charge < -0.3 is 21.1 Å². The highest BCUT2D eigenvalue weighted by Crippen LogP contribution is 2.18. The highest BCUT2D eigenvalue weighted by atomic mass is 79.9. The van der Waals surface area contributed by atoms with Crippen LogP contribution in [0.2, 0.25) is 0 Å². The van der Waals surface area contributed by atoms with Crippen molar-refractivity contribution in [1.29, 1.82) is 0 Å². The molecule has 1 aromatic rings. The van der Waals surface area contributed by atoms with Gasteiger partial charge in [-0.3, -0.25) is 9.79 Å². The summed E-state index contributed by atoms with van der Waals surface area (Å²) in [5.41, 5.74) is 0.629. The van der Waals surface area contributed by atoms with Crippen molar-refractivity contribution in [2.24, 2.45) is 4.99 Å². The molecule has 1 aromatic carbocycles. The molecule has 0 saturated heterocycles. The lowest BCUT2D eigenvalue weighted by atomic mass is 9.93. The maximum absolute atomic E-state index is 12.1. The summed E-state index contributed by atoms with van der Waals surface area (Å²) in [6.45, 7) is 3.79. The summed E-state index contributed by atoms with van der Waals surface area (Å²) in [5, 5.41) is 19.1. The fourth-order valence-electron chi connectivity index (χ4n) is 2.80. The molecule has 6 nitrogen and oxygen atoms in total. The van der Waals surface area contributed by atoms with E-state index < -0.39 is 0 Å². The molecule has 0 aliphatic heterocycles. The van der Waals surface area contributed by atoms with Gasteiger partial charge in [0.1, 0.15) is 0 Å². The number of carbonyl (C=O) groups is 1. The van der Waals surface area contributed by atoms with E-state index in [-0.39, 0.29) is 12.0 Å². The summed E-state index contributed by atoms with van der Waals surface area (Å²) in [6.07, 6.45) is 3.40. The SMILES string of the molecule is CCNC(=NCCNC(=O)c1cccc(Br)c1)NC1CCC(O)CC1. The maximum atomic E-state index is 12.1. The molecular formula is C18H27BrN4O2. The Labute approximate surface area is 157 Å². The van der Waals surface area contributed by atoms with Gasteiger partial charge in [-0.2, -0.15) is 0 Å². The number of aliphatic imine (C=N–C) groups is 1. The minimum atomic E-state index is -0.161. The van der Waals surface area contributed by atoms with Crippen molar-refractivity contribution in [2.75, 3.05) is 19.6 Å². The molecule has 25 heavy (non-hydrogen) atoms. The van der Waals surface area contributed by atoms with Gasteiger partial charge in [-0.15, -0.1) is 0 Å². The zero-order valence-corrected chi connectivity index (χ0v) is 16.2. The molecule has 2 rings (SSSR count). The highest BCUT2D eigenvalue weighted by Gasteiger charge is 2.19. The van der Waals surface area contributed by atoms with Crippen LogP contribution in [0.4, 0.5) is 0 Å². The third-order valence-corrected chi connectivity index (χ3v) is 4.63. The van der Waals surface area contributed by atoms with Gasteiger partial charge in [0.05, 0.1) is 12.6 Å². The highest BCUT2D eigenvalue weighted by molar-refractivity contribution is 9.10. The Morgan fingerprint density at radius 2 is 2.04 bits per heavy atom. The first-order valence-electron chi connectivity index (χ1n) is 8.85. The summed E-state index contributed by atoms with van der Waals surface area (Å²) in [4.78, 5) is 16.6. The average Bonchev–Trinajstić information content (AvgIpc) is 2.60. The van der Waals surface area contributed by atoms with Crippen molar-refractivity contribution < 1.29 is 9.90 Å². The number of rotatable bonds is 6. The van der Waals surface area contributed by atoms with Gasteiger partial charge in [0.25, 0.3) is 5.91 Å². The number of carbonyl (C=O) groups excluding carboxylic acids is 1. The van der Waals surface area contributed by atoms with Crippen molar-refractivity contribution in [1.82, 2.24) is 16.0 Å². The van der Waals surface area contributed by atoms with Crippen molar-refractivity contribution in [3.05, 3.63) is 34.3 Å². The van der Waals surface area contributed by atoms with E-state index in [1.165, 1.54) is 0 Å². The number of aliphatic hydroxyl groups is 1. The minimum Gasteiger partial charge on any atom is -0.393 e. The van der Waals surface area contributed by atoms with Crippen LogP contribution in [0, 0.1) is 0 Å². The number of nitrogens with one attached hydrogen (secondary N) is 3. The molecule has 1 amide bonds. The number of nitrogens with zero attached hydrogens (tertiary/aromatic N) is 1. The Hall–Kier alpha value is -1.60. The average molecular weight is 411 g/mol. The number of amides is 1. The number of halogens is 1. The number of hydrogen-bond donors (Lipinski definition) is 4. The standard InChI is InChI=1S/C18H27BrN4O2/c1-2-20-18(23-15-6-8-16(24)9-7-15)22-11-10-21-17(25)13-4-3-5-14(19)12-13/h3-5,12,15-16,24H,2,6-11H2,1H3,(H,21,25)(H2,20,22,23). The van der Waals surface area contributed by atoms with Crippen LogP contribution < -0.4 is 16.0 Å². The zero-order chi connectivity index (χ0) is 18.1. The molecule has 1 aliphatic rings. The monoisotopic (exact) mass is 410 g/mol. The van der Waals surface area contributed by atoms with Crippen LogP contribution in [0.5, 0.6) is 0 Å². The molecule has 0 spiro atoms. The Morgan fingerprint density at radius 3 is 2.72 bits per heavy atom. The van der Waals surface area contributed by atoms with Crippen molar-refractivity contribution in [3.8, 4) is 0 Å². The molecule has 0 radical (unpaired) electrons. The lowest BCUT2D eigenvalue weighted by molar-refractivity contribution is 0.0954. The van der Waals surface area contributed by atoms with E-state index in [4.69, 9.17) is 0 Å². The predicted octanol–water partition coefficient (Wildman–Crippen LogP) is 2.04. The molecule has 4 N–H and O–H groups in total. The van der Waals surface area contributed by atoms with Crippen LogP contribution in [0.3, 0.4) is 0 Å². The Morgan fingerprint density at radius 1 is 1.28 bits per heavy atom. The van der Waals surface area contributed by atoms with Gasteiger partial charge >= 0.3 is 0 Å². The van der Waals surface area contributed by atoms with Gasteiger partial charge in [0.15, 0.2) is 5.96 Å². The first kappa shape index (κ1) is 19.7.